The third-order valence-electron chi connectivity index (χ3n) is 6.13. The van der Waals surface area contributed by atoms with E-state index in [1.165, 1.54) is 0 Å². The molecule has 1 N–H and O–H groups in total. The molecule has 3 rings (SSSR count). The van der Waals surface area contributed by atoms with Crippen molar-refractivity contribution in [2.45, 2.75) is 38.6 Å². The van der Waals surface area contributed by atoms with Gasteiger partial charge in [-0.15, -0.1) is 0 Å². The van der Waals surface area contributed by atoms with Gasteiger partial charge in [0.2, 0.25) is 5.91 Å². The van der Waals surface area contributed by atoms with E-state index in [0.29, 0.717) is 12.1 Å². The Labute approximate surface area is 191 Å². The van der Waals surface area contributed by atoms with Gasteiger partial charge in [0.05, 0.1) is 19.1 Å². The van der Waals surface area contributed by atoms with Crippen molar-refractivity contribution in [3.8, 4) is 5.75 Å². The van der Waals surface area contributed by atoms with E-state index < -0.39 is 5.92 Å². The van der Waals surface area contributed by atoms with Crippen molar-refractivity contribution < 1.29 is 14.3 Å². The van der Waals surface area contributed by atoms with E-state index in [1.54, 1.807) is 19.1 Å². The number of nitrogens with zero attached hydrogens (tertiary/aromatic N) is 2. The van der Waals surface area contributed by atoms with E-state index in [4.69, 9.17) is 4.74 Å². The highest BCUT2D eigenvalue weighted by Gasteiger charge is 2.42. The topological polar surface area (TPSA) is 61.9 Å². The minimum absolute atomic E-state index is 0.0504. The number of likely N-dealkylation sites (N-methyl/N-ethyl adjacent to an activating group) is 1. The summed E-state index contributed by atoms with van der Waals surface area (Å²) in [6.45, 7) is 7.82. The third kappa shape index (κ3) is 5.13. The molecule has 2 atom stereocenters. The van der Waals surface area contributed by atoms with Crippen LogP contribution in [-0.2, 0) is 4.79 Å². The van der Waals surface area contributed by atoms with Crippen molar-refractivity contribution in [1.82, 2.24) is 15.1 Å². The molecule has 0 bridgehead atoms. The van der Waals surface area contributed by atoms with E-state index in [2.05, 4.69) is 24.1 Å². The molecule has 1 heterocycles. The molecule has 1 aliphatic heterocycles. The molecule has 2 amide bonds. The van der Waals surface area contributed by atoms with Gasteiger partial charge in [-0.1, -0.05) is 44.2 Å². The molecule has 172 valence electrons. The lowest BCUT2D eigenvalue weighted by molar-refractivity contribution is -0.124. The Morgan fingerprint density at radius 3 is 2.31 bits per heavy atom. The first-order chi connectivity index (χ1) is 15.5. The number of benzene rings is 2. The molecule has 2 aromatic carbocycles. The zero-order chi connectivity index (χ0) is 23.1. The molecule has 0 saturated heterocycles. The highest BCUT2D eigenvalue weighted by atomic mass is 16.5. The molecule has 2 aromatic rings. The molecule has 1 aliphatic rings. The maximum atomic E-state index is 13.5. The Morgan fingerprint density at radius 2 is 1.69 bits per heavy atom. The molecule has 0 aromatic heterocycles. The third-order valence-corrected chi connectivity index (χ3v) is 6.13. The van der Waals surface area contributed by atoms with Gasteiger partial charge in [0, 0.05) is 25.7 Å². The fourth-order valence-corrected chi connectivity index (χ4v) is 4.59. The van der Waals surface area contributed by atoms with Crippen molar-refractivity contribution in [2.24, 2.45) is 0 Å². The van der Waals surface area contributed by atoms with Crippen molar-refractivity contribution in [3.05, 3.63) is 65.2 Å². The lowest BCUT2D eigenvalue weighted by Crippen LogP contribution is -2.46. The molecule has 0 saturated carbocycles. The smallest absolute Gasteiger partial charge is 0.254 e. The molecule has 32 heavy (non-hydrogen) atoms. The average molecular weight is 438 g/mol. The molecule has 0 aliphatic carbocycles. The number of methoxy groups -OCH3 is 1. The van der Waals surface area contributed by atoms with E-state index in [-0.39, 0.29) is 17.9 Å². The maximum absolute atomic E-state index is 13.5. The second-order valence-corrected chi connectivity index (χ2v) is 8.33. The Kier molecular flexibility index (Phi) is 8.28. The summed E-state index contributed by atoms with van der Waals surface area (Å²) in [5, 5.41) is 3.15. The van der Waals surface area contributed by atoms with Crippen LogP contribution in [0.3, 0.4) is 0 Å². The fraction of sp³-hybridized carbons (Fsp3) is 0.462. The molecule has 0 spiro atoms. The number of fused-ring (bicyclic) bond motifs is 1. The Hall–Kier alpha value is -2.86. The lowest BCUT2D eigenvalue weighted by Gasteiger charge is -2.40. The zero-order valence-corrected chi connectivity index (χ0v) is 19.6. The quantitative estimate of drug-likeness (QED) is 0.613. The Balaban J connectivity index is 1.88. The Morgan fingerprint density at radius 1 is 1.03 bits per heavy atom. The Bertz CT molecular complexity index is 907. The van der Waals surface area contributed by atoms with Gasteiger partial charge in [-0.05, 0) is 55.3 Å². The van der Waals surface area contributed by atoms with Gasteiger partial charge in [0.25, 0.3) is 5.91 Å². The van der Waals surface area contributed by atoms with Crippen molar-refractivity contribution in [1.29, 1.82) is 0 Å². The van der Waals surface area contributed by atoms with Crippen LogP contribution < -0.4 is 10.1 Å². The van der Waals surface area contributed by atoms with E-state index >= 15 is 0 Å². The zero-order valence-electron chi connectivity index (χ0n) is 19.6. The molecule has 6 heteroatoms. The first-order valence-corrected chi connectivity index (χ1v) is 11.5. The van der Waals surface area contributed by atoms with Gasteiger partial charge in [-0.25, -0.2) is 0 Å². The summed E-state index contributed by atoms with van der Waals surface area (Å²) in [4.78, 5) is 30.7. The van der Waals surface area contributed by atoms with Crippen LogP contribution >= 0.6 is 0 Å². The summed E-state index contributed by atoms with van der Waals surface area (Å²) in [6, 6.07) is 14.7. The van der Waals surface area contributed by atoms with Gasteiger partial charge in [-0.2, -0.15) is 0 Å². The highest BCUT2D eigenvalue weighted by molar-refractivity contribution is 6.01. The van der Waals surface area contributed by atoms with E-state index in [0.717, 1.165) is 49.4 Å². The van der Waals surface area contributed by atoms with Gasteiger partial charge in [-0.3, -0.25) is 9.59 Å². The predicted octanol–water partition coefficient (Wildman–Crippen LogP) is 3.84. The van der Waals surface area contributed by atoms with Crippen LogP contribution in [0.4, 0.5) is 0 Å². The lowest BCUT2D eigenvalue weighted by atomic mass is 9.79. The van der Waals surface area contributed by atoms with Crippen LogP contribution in [0.2, 0.25) is 0 Å². The van der Waals surface area contributed by atoms with E-state index in [9.17, 15) is 9.59 Å². The van der Waals surface area contributed by atoms with Crippen LogP contribution in [0.15, 0.2) is 48.5 Å². The largest absolute Gasteiger partial charge is 0.497 e. The van der Waals surface area contributed by atoms with Crippen LogP contribution in [-0.4, -0.2) is 62.0 Å². The summed E-state index contributed by atoms with van der Waals surface area (Å²) < 4.78 is 5.29. The first kappa shape index (κ1) is 23.8. The maximum Gasteiger partial charge on any atom is 0.254 e. The number of carbonyl (C=O) groups excluding carboxylic acids is 2. The van der Waals surface area contributed by atoms with Crippen molar-refractivity contribution >= 4 is 11.8 Å². The van der Waals surface area contributed by atoms with Crippen LogP contribution in [0.1, 0.15) is 60.1 Å². The molecule has 6 nitrogen and oxygen atoms in total. The number of amides is 2. The molecular formula is C26H35N3O3. The molecule has 0 radical (unpaired) electrons. The molecular weight excluding hydrogens is 402 g/mol. The summed E-state index contributed by atoms with van der Waals surface area (Å²) in [6.07, 6.45) is 2.19. The standard InChI is InChI=1S/C26H35N3O3/c1-5-16-29(17-6-2)18-15-27-25(30)23-21-9-7-8-10-22(21)26(31)28(3)24(23)19-11-13-20(32-4)14-12-19/h7-14,23-24H,5-6,15-18H2,1-4H3,(H,27,30)/t23-,24+/m0/s1. The number of ether oxygens (including phenoxy) is 1. The number of carbonyl (C=O) groups is 2. The number of hydrogen-bond acceptors (Lipinski definition) is 4. The van der Waals surface area contributed by atoms with Crippen LogP contribution in [0.5, 0.6) is 5.75 Å². The van der Waals surface area contributed by atoms with E-state index in [1.807, 2.05) is 48.5 Å². The SMILES string of the molecule is CCCN(CCC)CCNC(=O)[C@H]1c2ccccc2C(=O)N(C)[C@@H]1c1ccc(OC)cc1. The summed E-state index contributed by atoms with van der Waals surface area (Å²) >= 11 is 0. The summed E-state index contributed by atoms with van der Waals surface area (Å²) in [7, 11) is 3.40. The minimum atomic E-state index is -0.479. The monoisotopic (exact) mass is 437 g/mol. The highest BCUT2D eigenvalue weighted by Crippen LogP contribution is 2.42. The molecule has 0 unspecified atom stereocenters. The summed E-state index contributed by atoms with van der Waals surface area (Å²) in [5.74, 6) is 0.146. The van der Waals surface area contributed by atoms with Crippen molar-refractivity contribution in [3.63, 3.8) is 0 Å². The minimum Gasteiger partial charge on any atom is -0.497 e. The van der Waals surface area contributed by atoms with Crippen LogP contribution in [0, 0.1) is 0 Å². The van der Waals surface area contributed by atoms with Crippen molar-refractivity contribution in [2.75, 3.05) is 40.3 Å². The second-order valence-electron chi connectivity index (χ2n) is 8.33. The number of rotatable bonds is 10. The fourth-order valence-electron chi connectivity index (χ4n) is 4.59. The second kappa shape index (κ2) is 11.1. The number of nitrogens with one attached hydrogen (secondary N) is 1. The van der Waals surface area contributed by atoms with Gasteiger partial charge in [0.15, 0.2) is 0 Å². The summed E-state index contributed by atoms with van der Waals surface area (Å²) in [5.41, 5.74) is 2.29. The first-order valence-electron chi connectivity index (χ1n) is 11.5. The average Bonchev–Trinajstić information content (AvgIpc) is 2.81. The number of hydrogen-bond donors (Lipinski definition) is 1. The predicted molar refractivity (Wildman–Crippen MR) is 127 cm³/mol. The van der Waals surface area contributed by atoms with Gasteiger partial charge >= 0.3 is 0 Å². The van der Waals surface area contributed by atoms with Crippen LogP contribution in [0.25, 0.3) is 0 Å². The normalized spacial score (nSPS) is 17.9. The van der Waals surface area contributed by atoms with Gasteiger partial charge < -0.3 is 19.9 Å². The molecule has 0 fully saturated rings. The van der Waals surface area contributed by atoms with Gasteiger partial charge in [0.1, 0.15) is 5.75 Å².